The molecule has 49 heavy (non-hydrogen) atoms. The number of hydrogen-bond acceptors (Lipinski definition) is 1. The molecule has 3 heterocycles. The Hall–Kier alpha value is -6.16. The zero-order chi connectivity index (χ0) is 32.1. The summed E-state index contributed by atoms with van der Waals surface area (Å²) in [4.78, 5) is 0. The van der Waals surface area contributed by atoms with Crippen molar-refractivity contribution in [3.05, 3.63) is 170 Å². The Balaban J connectivity index is 1.24. The second-order valence-corrected chi connectivity index (χ2v) is 14.0. The Labute approximate surface area is 286 Å². The van der Waals surface area contributed by atoms with Gasteiger partial charge in [-0.15, -0.1) is 11.3 Å². The van der Waals surface area contributed by atoms with Crippen molar-refractivity contribution >= 4 is 85.9 Å². The van der Waals surface area contributed by atoms with E-state index in [0.717, 1.165) is 11.4 Å². The van der Waals surface area contributed by atoms with Crippen LogP contribution in [0.2, 0.25) is 0 Å². The standard InChI is InChI=1S/C46H28N2S/c1-2-14-31(15-3-1)47-40-25-24-29-12-4-5-17-33(29)45(40)38-27-37-35-18-6-8-21-39(35)48(41(37)28-42(38)47)32-16-10-13-30(26-32)34-20-11-23-44-46(34)36-19-7-9-22-43(36)49-44/h1-28H. The van der Waals surface area contributed by atoms with Crippen molar-refractivity contribution in [3.8, 4) is 22.5 Å². The minimum atomic E-state index is 1.16. The van der Waals surface area contributed by atoms with Crippen LogP contribution in [0.1, 0.15) is 0 Å². The third-order valence-electron chi connectivity index (χ3n) is 10.3. The molecule has 0 radical (unpaired) electrons. The second-order valence-electron chi connectivity index (χ2n) is 12.9. The Kier molecular flexibility index (Phi) is 5.57. The van der Waals surface area contributed by atoms with Crippen molar-refractivity contribution in [2.45, 2.75) is 0 Å². The largest absolute Gasteiger partial charge is 0.309 e. The van der Waals surface area contributed by atoms with Crippen LogP contribution >= 0.6 is 11.3 Å². The number of benzene rings is 8. The van der Waals surface area contributed by atoms with E-state index in [9.17, 15) is 0 Å². The Morgan fingerprint density at radius 1 is 0.347 bits per heavy atom. The van der Waals surface area contributed by atoms with E-state index in [1.165, 1.54) is 85.7 Å². The van der Waals surface area contributed by atoms with Gasteiger partial charge in [0, 0.05) is 53.1 Å². The fourth-order valence-corrected chi connectivity index (χ4v) is 9.34. The van der Waals surface area contributed by atoms with Crippen molar-refractivity contribution < 1.29 is 0 Å². The Bertz CT molecular complexity index is 3100. The normalized spacial score (nSPS) is 12.1. The van der Waals surface area contributed by atoms with E-state index >= 15 is 0 Å². The zero-order valence-electron chi connectivity index (χ0n) is 26.5. The van der Waals surface area contributed by atoms with Crippen LogP contribution < -0.4 is 0 Å². The first-order valence-corrected chi connectivity index (χ1v) is 17.6. The van der Waals surface area contributed by atoms with Crippen LogP contribution in [0.15, 0.2) is 170 Å². The lowest BCUT2D eigenvalue weighted by molar-refractivity contribution is 1.17. The molecular formula is C46H28N2S. The molecule has 228 valence electrons. The fourth-order valence-electron chi connectivity index (χ4n) is 8.21. The van der Waals surface area contributed by atoms with E-state index in [4.69, 9.17) is 0 Å². The summed E-state index contributed by atoms with van der Waals surface area (Å²) in [5, 5.41) is 10.3. The maximum absolute atomic E-state index is 2.46. The fraction of sp³-hybridized carbons (Fsp3) is 0. The molecule has 0 amide bonds. The summed E-state index contributed by atoms with van der Waals surface area (Å²) in [6.07, 6.45) is 0. The number of rotatable bonds is 3. The van der Waals surface area contributed by atoms with Crippen LogP contribution in [0, 0.1) is 0 Å². The minimum Gasteiger partial charge on any atom is -0.309 e. The first kappa shape index (κ1) is 26.9. The summed E-state index contributed by atoms with van der Waals surface area (Å²) in [5.74, 6) is 0. The van der Waals surface area contributed by atoms with E-state index in [2.05, 4.69) is 179 Å². The highest BCUT2D eigenvalue weighted by Crippen LogP contribution is 2.43. The van der Waals surface area contributed by atoms with Crippen LogP contribution in [0.3, 0.4) is 0 Å². The van der Waals surface area contributed by atoms with Crippen LogP contribution in [0.25, 0.3) is 97.1 Å². The lowest BCUT2D eigenvalue weighted by atomic mass is 9.99. The molecule has 0 aliphatic heterocycles. The Morgan fingerprint density at radius 2 is 1.04 bits per heavy atom. The molecule has 0 aliphatic rings. The number of hydrogen-bond donors (Lipinski definition) is 0. The SMILES string of the molecule is c1ccc(-n2c3cc4c(cc3c3c5ccccc5ccc32)c2ccccc2n4-c2cccc(-c3cccc4sc5ccccc5c34)c2)cc1. The van der Waals surface area contributed by atoms with Crippen molar-refractivity contribution in [1.29, 1.82) is 0 Å². The van der Waals surface area contributed by atoms with Gasteiger partial charge in [-0.05, 0) is 82.6 Å². The first-order chi connectivity index (χ1) is 24.3. The monoisotopic (exact) mass is 640 g/mol. The van der Waals surface area contributed by atoms with E-state index in [1.807, 2.05) is 11.3 Å². The van der Waals surface area contributed by atoms with Gasteiger partial charge in [-0.2, -0.15) is 0 Å². The molecule has 8 aromatic carbocycles. The van der Waals surface area contributed by atoms with E-state index < -0.39 is 0 Å². The van der Waals surface area contributed by atoms with Crippen molar-refractivity contribution in [1.82, 2.24) is 9.13 Å². The van der Waals surface area contributed by atoms with Gasteiger partial charge in [0.2, 0.25) is 0 Å². The number of thiophene rings is 1. The molecule has 0 spiro atoms. The summed E-state index contributed by atoms with van der Waals surface area (Å²) in [7, 11) is 0. The van der Waals surface area contributed by atoms with Gasteiger partial charge >= 0.3 is 0 Å². The molecule has 2 nitrogen and oxygen atoms in total. The van der Waals surface area contributed by atoms with Crippen molar-refractivity contribution in [3.63, 3.8) is 0 Å². The second kappa shape index (κ2) is 10.2. The summed E-state index contributed by atoms with van der Waals surface area (Å²) < 4.78 is 7.56. The number of aromatic nitrogens is 2. The minimum absolute atomic E-state index is 1.16. The smallest absolute Gasteiger partial charge is 0.0562 e. The summed E-state index contributed by atoms with van der Waals surface area (Å²) in [5.41, 5.74) is 9.67. The molecule has 0 N–H and O–H groups in total. The van der Waals surface area contributed by atoms with Gasteiger partial charge in [-0.3, -0.25) is 0 Å². The lowest BCUT2D eigenvalue weighted by Gasteiger charge is -2.12. The molecule has 11 aromatic rings. The van der Waals surface area contributed by atoms with Crippen molar-refractivity contribution in [2.24, 2.45) is 0 Å². The van der Waals surface area contributed by atoms with Crippen LogP contribution in [0.4, 0.5) is 0 Å². The summed E-state index contributed by atoms with van der Waals surface area (Å²) in [6, 6.07) is 62.4. The maximum atomic E-state index is 2.46. The third kappa shape index (κ3) is 3.82. The summed E-state index contributed by atoms with van der Waals surface area (Å²) >= 11 is 1.87. The number of fused-ring (bicyclic) bond motifs is 11. The molecule has 0 saturated carbocycles. The van der Waals surface area contributed by atoms with Crippen LogP contribution in [-0.2, 0) is 0 Å². The zero-order valence-corrected chi connectivity index (χ0v) is 27.3. The van der Waals surface area contributed by atoms with Gasteiger partial charge in [-0.25, -0.2) is 0 Å². The topological polar surface area (TPSA) is 9.86 Å². The highest BCUT2D eigenvalue weighted by Gasteiger charge is 2.20. The Morgan fingerprint density at radius 3 is 1.96 bits per heavy atom. The number of para-hydroxylation sites is 2. The van der Waals surface area contributed by atoms with E-state index in [1.54, 1.807) is 0 Å². The third-order valence-corrected chi connectivity index (χ3v) is 11.4. The molecule has 0 aliphatic carbocycles. The highest BCUT2D eigenvalue weighted by atomic mass is 32.1. The van der Waals surface area contributed by atoms with Gasteiger partial charge in [0.15, 0.2) is 0 Å². The van der Waals surface area contributed by atoms with Gasteiger partial charge in [0.05, 0.1) is 22.1 Å². The molecule has 0 atom stereocenters. The van der Waals surface area contributed by atoms with Crippen LogP contribution in [0.5, 0.6) is 0 Å². The average Bonchev–Trinajstić information content (AvgIpc) is 3.81. The molecule has 0 bridgehead atoms. The van der Waals surface area contributed by atoms with Gasteiger partial charge in [0.1, 0.15) is 0 Å². The van der Waals surface area contributed by atoms with Gasteiger partial charge in [-0.1, -0.05) is 109 Å². The molecule has 11 rings (SSSR count). The predicted octanol–water partition coefficient (Wildman–Crippen LogP) is 13.1. The van der Waals surface area contributed by atoms with E-state index in [0.29, 0.717) is 0 Å². The molecule has 0 fully saturated rings. The van der Waals surface area contributed by atoms with Crippen molar-refractivity contribution in [2.75, 3.05) is 0 Å². The average molecular weight is 641 g/mol. The first-order valence-electron chi connectivity index (χ1n) is 16.8. The van der Waals surface area contributed by atoms with E-state index in [-0.39, 0.29) is 0 Å². The van der Waals surface area contributed by atoms with Gasteiger partial charge < -0.3 is 9.13 Å². The molecule has 0 saturated heterocycles. The predicted molar refractivity (Wildman–Crippen MR) is 211 cm³/mol. The maximum Gasteiger partial charge on any atom is 0.0562 e. The quantitative estimate of drug-likeness (QED) is 0.182. The molecule has 0 unspecified atom stereocenters. The lowest BCUT2D eigenvalue weighted by Crippen LogP contribution is -1.96. The molecule has 3 aromatic heterocycles. The highest BCUT2D eigenvalue weighted by molar-refractivity contribution is 7.25. The summed E-state index contributed by atoms with van der Waals surface area (Å²) in [6.45, 7) is 0. The molecule has 3 heteroatoms. The van der Waals surface area contributed by atoms with Gasteiger partial charge in [0.25, 0.3) is 0 Å². The molecular weight excluding hydrogens is 613 g/mol. The number of nitrogens with zero attached hydrogens (tertiary/aromatic N) is 2. The van der Waals surface area contributed by atoms with Crippen LogP contribution in [-0.4, -0.2) is 9.13 Å².